The maximum absolute atomic E-state index is 12.1. The zero-order valence-corrected chi connectivity index (χ0v) is 11.6. The molecular formula is C13H18N6O. The van der Waals surface area contributed by atoms with Crippen molar-refractivity contribution in [2.45, 2.75) is 32.9 Å². The van der Waals surface area contributed by atoms with E-state index < -0.39 is 0 Å². The van der Waals surface area contributed by atoms with Gasteiger partial charge in [-0.1, -0.05) is 6.92 Å². The summed E-state index contributed by atoms with van der Waals surface area (Å²) in [7, 11) is 0. The Bertz CT molecular complexity index is 577. The maximum Gasteiger partial charge on any atom is 0.253 e. The Hall–Kier alpha value is -2.44. The SMILES string of the molecule is CCCn1ncnc1C(C)NC(=O)c1ccc(N)nc1. The molecule has 1 amide bonds. The van der Waals surface area contributed by atoms with E-state index in [0.717, 1.165) is 18.8 Å². The standard InChI is InChI=1S/C13H18N6O/c1-3-6-19-12(16-8-17-19)9(2)18-13(20)10-4-5-11(14)15-7-10/h4-5,7-9H,3,6H2,1-2H3,(H2,14,15)(H,18,20). The van der Waals surface area contributed by atoms with Crippen LogP contribution in [0.4, 0.5) is 5.82 Å². The minimum absolute atomic E-state index is 0.212. The van der Waals surface area contributed by atoms with E-state index in [1.807, 2.05) is 6.92 Å². The van der Waals surface area contributed by atoms with E-state index in [1.165, 1.54) is 12.5 Å². The predicted molar refractivity (Wildman–Crippen MR) is 74.8 cm³/mol. The molecule has 0 saturated heterocycles. The maximum atomic E-state index is 12.1. The zero-order chi connectivity index (χ0) is 14.5. The van der Waals surface area contributed by atoms with Crippen LogP contribution in [0.15, 0.2) is 24.7 Å². The van der Waals surface area contributed by atoms with Gasteiger partial charge in [-0.25, -0.2) is 14.6 Å². The van der Waals surface area contributed by atoms with Crippen LogP contribution in [0.5, 0.6) is 0 Å². The molecule has 7 nitrogen and oxygen atoms in total. The zero-order valence-electron chi connectivity index (χ0n) is 11.6. The molecule has 1 unspecified atom stereocenters. The first-order valence-electron chi connectivity index (χ1n) is 6.52. The normalized spacial score (nSPS) is 12.1. The lowest BCUT2D eigenvalue weighted by Gasteiger charge is -2.14. The first-order valence-corrected chi connectivity index (χ1v) is 6.52. The van der Waals surface area contributed by atoms with Crippen molar-refractivity contribution in [3.05, 3.63) is 36.0 Å². The van der Waals surface area contributed by atoms with Gasteiger partial charge in [0.25, 0.3) is 5.91 Å². The van der Waals surface area contributed by atoms with Crippen LogP contribution in [0.2, 0.25) is 0 Å². The Morgan fingerprint density at radius 3 is 2.90 bits per heavy atom. The van der Waals surface area contributed by atoms with Crippen molar-refractivity contribution < 1.29 is 4.79 Å². The molecule has 20 heavy (non-hydrogen) atoms. The number of aromatic nitrogens is 4. The molecule has 3 N–H and O–H groups in total. The van der Waals surface area contributed by atoms with Gasteiger partial charge in [0.05, 0.1) is 11.6 Å². The molecule has 106 valence electrons. The van der Waals surface area contributed by atoms with Gasteiger partial charge < -0.3 is 11.1 Å². The fourth-order valence-corrected chi connectivity index (χ4v) is 1.88. The summed E-state index contributed by atoms with van der Waals surface area (Å²) in [5.74, 6) is 0.914. The van der Waals surface area contributed by atoms with E-state index in [-0.39, 0.29) is 11.9 Å². The van der Waals surface area contributed by atoms with Crippen LogP contribution < -0.4 is 11.1 Å². The van der Waals surface area contributed by atoms with Crippen LogP contribution in [0.1, 0.15) is 42.5 Å². The monoisotopic (exact) mass is 274 g/mol. The number of amides is 1. The third-order valence-electron chi connectivity index (χ3n) is 2.86. The molecule has 0 aliphatic heterocycles. The largest absolute Gasteiger partial charge is 0.384 e. The number of nitrogens with one attached hydrogen (secondary N) is 1. The van der Waals surface area contributed by atoms with E-state index in [0.29, 0.717) is 11.4 Å². The average Bonchev–Trinajstić information content (AvgIpc) is 2.88. The van der Waals surface area contributed by atoms with Gasteiger partial charge in [-0.15, -0.1) is 0 Å². The molecule has 1 atom stereocenters. The van der Waals surface area contributed by atoms with Crippen molar-refractivity contribution in [1.82, 2.24) is 25.1 Å². The second-order valence-corrected chi connectivity index (χ2v) is 4.51. The minimum Gasteiger partial charge on any atom is -0.384 e. The summed E-state index contributed by atoms with van der Waals surface area (Å²) in [6, 6.07) is 3.01. The van der Waals surface area contributed by atoms with E-state index in [4.69, 9.17) is 5.73 Å². The number of nitrogen functional groups attached to an aromatic ring is 1. The van der Waals surface area contributed by atoms with Gasteiger partial charge in [-0.3, -0.25) is 4.79 Å². The Morgan fingerprint density at radius 1 is 1.45 bits per heavy atom. The number of nitrogens with zero attached hydrogens (tertiary/aromatic N) is 4. The number of hydrogen-bond donors (Lipinski definition) is 2. The molecule has 0 aliphatic rings. The predicted octanol–water partition coefficient (Wildman–Crippen LogP) is 1.16. The summed E-state index contributed by atoms with van der Waals surface area (Å²) in [6.45, 7) is 4.71. The molecule has 2 aromatic rings. The first-order chi connectivity index (χ1) is 9.61. The van der Waals surface area contributed by atoms with Gasteiger partial charge in [0, 0.05) is 12.7 Å². The molecule has 2 aromatic heterocycles. The molecule has 0 aromatic carbocycles. The fraction of sp³-hybridized carbons (Fsp3) is 0.385. The number of rotatable bonds is 5. The molecule has 2 rings (SSSR count). The van der Waals surface area contributed by atoms with E-state index >= 15 is 0 Å². The third-order valence-corrected chi connectivity index (χ3v) is 2.86. The van der Waals surface area contributed by atoms with Crippen molar-refractivity contribution in [2.24, 2.45) is 0 Å². The quantitative estimate of drug-likeness (QED) is 0.852. The number of nitrogens with two attached hydrogens (primary N) is 1. The Labute approximate surface area is 117 Å². The number of hydrogen-bond acceptors (Lipinski definition) is 5. The number of anilines is 1. The molecule has 0 fully saturated rings. The molecular weight excluding hydrogens is 256 g/mol. The van der Waals surface area contributed by atoms with Crippen molar-refractivity contribution in [1.29, 1.82) is 0 Å². The highest BCUT2D eigenvalue weighted by Gasteiger charge is 2.16. The fourth-order valence-electron chi connectivity index (χ4n) is 1.88. The van der Waals surface area contributed by atoms with Gasteiger partial charge >= 0.3 is 0 Å². The molecule has 0 saturated carbocycles. The van der Waals surface area contributed by atoms with E-state index in [1.54, 1.807) is 16.8 Å². The minimum atomic E-state index is -0.228. The van der Waals surface area contributed by atoms with E-state index in [2.05, 4.69) is 27.3 Å². The van der Waals surface area contributed by atoms with Crippen molar-refractivity contribution in [2.75, 3.05) is 5.73 Å². The van der Waals surface area contributed by atoms with Gasteiger partial charge in [0.2, 0.25) is 0 Å². The number of carbonyl (C=O) groups excluding carboxylic acids is 1. The summed E-state index contributed by atoms with van der Waals surface area (Å²) in [4.78, 5) is 20.2. The Balaban J connectivity index is 2.07. The average molecular weight is 274 g/mol. The van der Waals surface area contributed by atoms with Crippen LogP contribution in [0, 0.1) is 0 Å². The molecule has 0 spiro atoms. The molecule has 0 radical (unpaired) electrons. The summed E-state index contributed by atoms with van der Waals surface area (Å²) in [5.41, 5.74) is 5.96. The van der Waals surface area contributed by atoms with Crippen LogP contribution in [0.25, 0.3) is 0 Å². The third kappa shape index (κ3) is 3.11. The number of aryl methyl sites for hydroxylation is 1. The smallest absolute Gasteiger partial charge is 0.253 e. The number of carbonyl (C=O) groups is 1. The summed E-state index contributed by atoms with van der Waals surface area (Å²) in [5, 5.41) is 7.02. The molecule has 7 heteroatoms. The van der Waals surface area contributed by atoms with Gasteiger partial charge in [0.1, 0.15) is 18.0 Å². The summed E-state index contributed by atoms with van der Waals surface area (Å²) >= 11 is 0. The van der Waals surface area contributed by atoms with Crippen LogP contribution in [-0.2, 0) is 6.54 Å². The highest BCUT2D eigenvalue weighted by atomic mass is 16.1. The first kappa shape index (κ1) is 14.0. The Kier molecular flexibility index (Phi) is 4.29. The van der Waals surface area contributed by atoms with Crippen LogP contribution in [-0.4, -0.2) is 25.7 Å². The molecule has 2 heterocycles. The lowest BCUT2D eigenvalue weighted by Crippen LogP contribution is -2.29. The molecule has 0 aliphatic carbocycles. The van der Waals surface area contributed by atoms with Crippen molar-refractivity contribution in [3.63, 3.8) is 0 Å². The highest BCUT2D eigenvalue weighted by Crippen LogP contribution is 2.10. The second kappa shape index (κ2) is 6.14. The van der Waals surface area contributed by atoms with E-state index in [9.17, 15) is 4.79 Å². The van der Waals surface area contributed by atoms with Crippen molar-refractivity contribution >= 4 is 11.7 Å². The van der Waals surface area contributed by atoms with Crippen molar-refractivity contribution in [3.8, 4) is 0 Å². The topological polar surface area (TPSA) is 98.7 Å². The lowest BCUT2D eigenvalue weighted by atomic mass is 10.2. The number of pyridine rings is 1. The Morgan fingerprint density at radius 2 is 2.25 bits per heavy atom. The summed E-state index contributed by atoms with van der Waals surface area (Å²) in [6.07, 6.45) is 3.91. The second-order valence-electron chi connectivity index (χ2n) is 4.51. The highest BCUT2D eigenvalue weighted by molar-refractivity contribution is 5.94. The molecule has 0 bridgehead atoms. The lowest BCUT2D eigenvalue weighted by molar-refractivity contribution is 0.0937. The van der Waals surface area contributed by atoms with Gasteiger partial charge in [0.15, 0.2) is 0 Å². The van der Waals surface area contributed by atoms with Crippen LogP contribution >= 0.6 is 0 Å². The summed E-state index contributed by atoms with van der Waals surface area (Å²) < 4.78 is 1.80. The van der Waals surface area contributed by atoms with Crippen LogP contribution in [0.3, 0.4) is 0 Å². The van der Waals surface area contributed by atoms with Gasteiger partial charge in [-0.05, 0) is 25.5 Å². The van der Waals surface area contributed by atoms with Gasteiger partial charge in [-0.2, -0.15) is 5.10 Å².